The van der Waals surface area contributed by atoms with Gasteiger partial charge in [0.25, 0.3) is 0 Å². The van der Waals surface area contributed by atoms with Crippen LogP contribution in [-0.2, 0) is 0 Å². The van der Waals surface area contributed by atoms with Gasteiger partial charge in [0.2, 0.25) is 0 Å². The monoisotopic (exact) mass is 209 g/mol. The van der Waals surface area contributed by atoms with Crippen molar-refractivity contribution in [1.82, 2.24) is 25.6 Å². The molecule has 5 nitrogen and oxygen atoms in total. The fourth-order valence-corrected chi connectivity index (χ4v) is 1.62. The van der Waals surface area contributed by atoms with Crippen molar-refractivity contribution in [2.24, 2.45) is 0 Å². The average Bonchev–Trinajstić information content (AvgIpc) is 2.97. The standard InChI is InChI=1S/C11H7N5/c1-2-9-8-5-7(11-6-12-16-15-11)3-4-10(8)14-13-9/h1,3-6H,(H,13,14)(H,12,15,16). The Morgan fingerprint density at radius 3 is 2.94 bits per heavy atom. The zero-order valence-electron chi connectivity index (χ0n) is 8.23. The van der Waals surface area contributed by atoms with E-state index in [1.54, 1.807) is 6.20 Å². The molecule has 0 fully saturated rings. The van der Waals surface area contributed by atoms with Crippen molar-refractivity contribution >= 4 is 10.9 Å². The summed E-state index contributed by atoms with van der Waals surface area (Å²) in [4.78, 5) is 0. The largest absolute Gasteiger partial charge is 0.269 e. The third-order valence-electron chi connectivity index (χ3n) is 2.41. The van der Waals surface area contributed by atoms with Crippen molar-refractivity contribution in [2.45, 2.75) is 0 Å². The maximum atomic E-state index is 5.37. The Bertz CT molecular complexity index is 672. The highest BCUT2D eigenvalue weighted by molar-refractivity contribution is 5.87. The molecule has 0 saturated heterocycles. The van der Waals surface area contributed by atoms with Gasteiger partial charge in [-0.1, -0.05) is 12.0 Å². The fourth-order valence-electron chi connectivity index (χ4n) is 1.62. The van der Waals surface area contributed by atoms with Crippen LogP contribution in [0.15, 0.2) is 24.4 Å². The zero-order valence-corrected chi connectivity index (χ0v) is 8.23. The molecule has 76 valence electrons. The number of nitrogens with zero attached hydrogens (tertiary/aromatic N) is 3. The Morgan fingerprint density at radius 2 is 2.19 bits per heavy atom. The number of terminal acetylenes is 1. The highest BCUT2D eigenvalue weighted by Crippen LogP contribution is 2.22. The van der Waals surface area contributed by atoms with E-state index in [0.29, 0.717) is 5.69 Å². The molecular weight excluding hydrogens is 202 g/mol. The molecule has 0 spiro atoms. The Kier molecular flexibility index (Phi) is 1.74. The number of hydrogen-bond acceptors (Lipinski definition) is 3. The summed E-state index contributed by atoms with van der Waals surface area (Å²) >= 11 is 0. The van der Waals surface area contributed by atoms with Gasteiger partial charge in [0, 0.05) is 10.9 Å². The van der Waals surface area contributed by atoms with E-state index in [9.17, 15) is 0 Å². The molecular formula is C11H7N5. The first kappa shape index (κ1) is 8.68. The predicted molar refractivity (Wildman–Crippen MR) is 59.4 cm³/mol. The van der Waals surface area contributed by atoms with Crippen molar-refractivity contribution in [1.29, 1.82) is 0 Å². The number of fused-ring (bicyclic) bond motifs is 1. The summed E-state index contributed by atoms with van der Waals surface area (Å²) in [5.41, 5.74) is 3.27. The van der Waals surface area contributed by atoms with Gasteiger partial charge in [-0.3, -0.25) is 5.10 Å². The second kappa shape index (κ2) is 3.21. The molecule has 0 saturated carbocycles. The number of rotatable bonds is 1. The number of benzene rings is 1. The van der Waals surface area contributed by atoms with Crippen LogP contribution in [0.3, 0.4) is 0 Å². The Morgan fingerprint density at radius 1 is 1.25 bits per heavy atom. The maximum Gasteiger partial charge on any atom is 0.115 e. The van der Waals surface area contributed by atoms with E-state index < -0.39 is 0 Å². The number of aromatic amines is 2. The van der Waals surface area contributed by atoms with E-state index >= 15 is 0 Å². The lowest BCUT2D eigenvalue weighted by Gasteiger charge is -1.95. The van der Waals surface area contributed by atoms with E-state index in [2.05, 4.69) is 31.5 Å². The van der Waals surface area contributed by atoms with Crippen molar-refractivity contribution in [3.05, 3.63) is 30.1 Å². The molecule has 3 rings (SSSR count). The number of H-pyrrole nitrogens is 2. The molecule has 1 aromatic carbocycles. The molecule has 0 aliphatic rings. The average molecular weight is 209 g/mol. The minimum Gasteiger partial charge on any atom is -0.269 e. The SMILES string of the molecule is C#Cc1[nH]nc2ccc(-c3cn[nH]n3)cc12. The van der Waals surface area contributed by atoms with Crippen LogP contribution < -0.4 is 0 Å². The molecule has 0 aliphatic carbocycles. The van der Waals surface area contributed by atoms with Gasteiger partial charge >= 0.3 is 0 Å². The van der Waals surface area contributed by atoms with Gasteiger partial charge in [-0.05, 0) is 12.1 Å². The summed E-state index contributed by atoms with van der Waals surface area (Å²) < 4.78 is 0. The highest BCUT2D eigenvalue weighted by Gasteiger charge is 2.06. The van der Waals surface area contributed by atoms with Crippen molar-refractivity contribution < 1.29 is 0 Å². The van der Waals surface area contributed by atoms with Crippen LogP contribution in [0.4, 0.5) is 0 Å². The molecule has 2 N–H and O–H groups in total. The van der Waals surface area contributed by atoms with Gasteiger partial charge in [0.1, 0.15) is 11.4 Å². The fraction of sp³-hybridized carbons (Fsp3) is 0. The summed E-state index contributed by atoms with van der Waals surface area (Å²) in [5, 5.41) is 18.2. The van der Waals surface area contributed by atoms with Gasteiger partial charge < -0.3 is 0 Å². The van der Waals surface area contributed by atoms with E-state index in [1.165, 1.54) is 0 Å². The number of nitrogens with one attached hydrogen (secondary N) is 2. The van der Waals surface area contributed by atoms with Crippen molar-refractivity contribution in [3.63, 3.8) is 0 Å². The summed E-state index contributed by atoms with van der Waals surface area (Å²) in [5.74, 6) is 2.56. The number of hydrogen-bond donors (Lipinski definition) is 2. The lowest BCUT2D eigenvalue weighted by Crippen LogP contribution is -1.79. The first-order valence-corrected chi connectivity index (χ1v) is 4.69. The third kappa shape index (κ3) is 1.17. The van der Waals surface area contributed by atoms with Gasteiger partial charge in [0.05, 0.1) is 11.7 Å². The summed E-state index contributed by atoms with van der Waals surface area (Å²) in [6.45, 7) is 0. The van der Waals surface area contributed by atoms with Crippen LogP contribution in [0.2, 0.25) is 0 Å². The molecule has 0 aliphatic heterocycles. The molecule has 0 bridgehead atoms. The van der Waals surface area contributed by atoms with Gasteiger partial charge in [-0.2, -0.15) is 20.5 Å². The molecule has 16 heavy (non-hydrogen) atoms. The summed E-state index contributed by atoms with van der Waals surface area (Å²) in [6, 6.07) is 5.78. The van der Waals surface area contributed by atoms with Crippen LogP contribution >= 0.6 is 0 Å². The molecule has 0 amide bonds. The van der Waals surface area contributed by atoms with E-state index in [0.717, 1.165) is 22.2 Å². The maximum absolute atomic E-state index is 5.37. The minimum atomic E-state index is 0.681. The van der Waals surface area contributed by atoms with Crippen LogP contribution in [0, 0.1) is 12.3 Å². The molecule has 3 aromatic rings. The topological polar surface area (TPSA) is 70.2 Å². The second-order valence-corrected chi connectivity index (χ2v) is 3.33. The highest BCUT2D eigenvalue weighted by atomic mass is 15.3. The molecule has 2 heterocycles. The van der Waals surface area contributed by atoms with E-state index in [1.807, 2.05) is 18.2 Å². The Hall–Kier alpha value is -2.61. The molecule has 0 unspecified atom stereocenters. The third-order valence-corrected chi connectivity index (χ3v) is 2.41. The second-order valence-electron chi connectivity index (χ2n) is 3.33. The first-order chi connectivity index (χ1) is 7.88. The van der Waals surface area contributed by atoms with Gasteiger partial charge in [-0.25, -0.2) is 0 Å². The minimum absolute atomic E-state index is 0.681. The lowest BCUT2D eigenvalue weighted by atomic mass is 10.1. The normalized spacial score (nSPS) is 10.4. The van der Waals surface area contributed by atoms with E-state index in [4.69, 9.17) is 6.42 Å². The zero-order chi connectivity index (χ0) is 11.0. The van der Waals surface area contributed by atoms with Crippen LogP contribution in [0.1, 0.15) is 5.69 Å². The van der Waals surface area contributed by atoms with Gasteiger partial charge in [0.15, 0.2) is 0 Å². The number of aromatic nitrogens is 5. The molecule has 5 heteroatoms. The summed E-state index contributed by atoms with van der Waals surface area (Å²) in [6.07, 6.45) is 7.04. The van der Waals surface area contributed by atoms with Crippen molar-refractivity contribution in [3.8, 4) is 23.6 Å². The first-order valence-electron chi connectivity index (χ1n) is 4.69. The molecule has 2 aromatic heterocycles. The Balaban J connectivity index is 2.26. The predicted octanol–water partition coefficient (Wildman–Crippen LogP) is 1.33. The Labute approximate surface area is 90.9 Å². The van der Waals surface area contributed by atoms with Crippen LogP contribution in [-0.4, -0.2) is 25.6 Å². The van der Waals surface area contributed by atoms with Crippen LogP contribution in [0.25, 0.3) is 22.2 Å². The quantitative estimate of drug-likeness (QED) is 0.594. The lowest BCUT2D eigenvalue weighted by molar-refractivity contribution is 0.942. The van der Waals surface area contributed by atoms with Crippen LogP contribution in [0.5, 0.6) is 0 Å². The molecule has 0 atom stereocenters. The summed E-state index contributed by atoms with van der Waals surface area (Å²) in [7, 11) is 0. The van der Waals surface area contributed by atoms with E-state index in [-0.39, 0.29) is 0 Å². The smallest absolute Gasteiger partial charge is 0.115 e. The van der Waals surface area contributed by atoms with Crippen molar-refractivity contribution in [2.75, 3.05) is 0 Å². The van der Waals surface area contributed by atoms with Gasteiger partial charge in [-0.15, -0.1) is 6.42 Å². The molecule has 0 radical (unpaired) electrons.